The second-order valence-electron chi connectivity index (χ2n) is 4.29. The number of nitrogen functional groups attached to an aromatic ring is 1. The summed E-state index contributed by atoms with van der Waals surface area (Å²) in [4.78, 5) is 11.7. The molecule has 0 saturated heterocycles. The standard InChI is InChI=1S/C11H11N9OS/c1-5-9(16-17-11-15-6(2)19-22-11)10(12)20(18-5)7-3-8(21)14-4-13-7/h3-4H,12H2,1-2H3,(H,13,14,21)/b17-16+. The first-order valence-corrected chi connectivity index (χ1v) is 6.90. The van der Waals surface area contributed by atoms with Crippen LogP contribution in [0, 0.1) is 13.8 Å². The van der Waals surface area contributed by atoms with Gasteiger partial charge in [-0.05, 0) is 13.8 Å². The molecule has 11 heteroatoms. The normalized spacial score (nSPS) is 11.4. The number of nitrogens with two attached hydrogens (primary N) is 1. The van der Waals surface area contributed by atoms with Gasteiger partial charge in [0.25, 0.3) is 0 Å². The zero-order valence-electron chi connectivity index (χ0n) is 11.7. The van der Waals surface area contributed by atoms with Crippen molar-refractivity contribution in [2.24, 2.45) is 10.2 Å². The first kappa shape index (κ1) is 14.0. The molecule has 0 saturated carbocycles. The molecule has 22 heavy (non-hydrogen) atoms. The topological polar surface area (TPSA) is 140 Å². The first-order chi connectivity index (χ1) is 10.5. The Hall–Kier alpha value is -2.95. The molecule has 0 atom stereocenters. The van der Waals surface area contributed by atoms with Crippen molar-refractivity contribution in [1.29, 1.82) is 0 Å². The zero-order valence-corrected chi connectivity index (χ0v) is 12.5. The van der Waals surface area contributed by atoms with E-state index in [2.05, 4.69) is 34.7 Å². The van der Waals surface area contributed by atoms with Crippen molar-refractivity contribution in [3.63, 3.8) is 0 Å². The van der Waals surface area contributed by atoms with Gasteiger partial charge in [0.1, 0.15) is 12.2 Å². The number of aromatic hydroxyl groups is 1. The number of rotatable bonds is 3. The number of azo groups is 1. The maximum absolute atomic E-state index is 9.41. The molecule has 3 N–H and O–H groups in total. The van der Waals surface area contributed by atoms with Crippen LogP contribution in [0.5, 0.6) is 5.88 Å². The van der Waals surface area contributed by atoms with Crippen LogP contribution in [-0.4, -0.2) is 34.2 Å². The van der Waals surface area contributed by atoms with E-state index in [-0.39, 0.29) is 11.7 Å². The Balaban J connectivity index is 1.98. The van der Waals surface area contributed by atoms with Crippen LogP contribution in [0.2, 0.25) is 0 Å². The molecular weight excluding hydrogens is 306 g/mol. The highest BCUT2D eigenvalue weighted by molar-refractivity contribution is 7.09. The van der Waals surface area contributed by atoms with Crippen LogP contribution >= 0.6 is 11.5 Å². The molecule has 3 heterocycles. The van der Waals surface area contributed by atoms with E-state index >= 15 is 0 Å². The van der Waals surface area contributed by atoms with Gasteiger partial charge in [0.15, 0.2) is 17.3 Å². The molecule has 0 aliphatic carbocycles. The van der Waals surface area contributed by atoms with Gasteiger partial charge in [-0.2, -0.15) is 14.2 Å². The minimum Gasteiger partial charge on any atom is -0.493 e. The first-order valence-electron chi connectivity index (χ1n) is 6.13. The van der Waals surface area contributed by atoms with E-state index in [1.54, 1.807) is 13.8 Å². The van der Waals surface area contributed by atoms with Crippen LogP contribution in [0.15, 0.2) is 22.6 Å². The molecule has 0 aliphatic rings. The molecule has 0 spiro atoms. The summed E-state index contributed by atoms with van der Waals surface area (Å²) >= 11 is 1.14. The van der Waals surface area contributed by atoms with Gasteiger partial charge in [-0.15, -0.1) is 10.2 Å². The fourth-order valence-electron chi connectivity index (χ4n) is 1.71. The average molecular weight is 317 g/mol. The summed E-state index contributed by atoms with van der Waals surface area (Å²) in [5.74, 6) is 1.04. The molecule has 0 radical (unpaired) electrons. The molecule has 0 aromatic carbocycles. The summed E-state index contributed by atoms with van der Waals surface area (Å²) < 4.78 is 5.37. The Labute approximate surface area is 128 Å². The molecule has 0 bridgehead atoms. The number of aryl methyl sites for hydroxylation is 2. The number of nitrogens with zero attached hydrogens (tertiary/aromatic N) is 8. The molecule has 0 aliphatic heterocycles. The maximum atomic E-state index is 9.41. The van der Waals surface area contributed by atoms with Crippen molar-refractivity contribution in [3.8, 4) is 11.7 Å². The summed E-state index contributed by atoms with van der Waals surface area (Å²) in [5.41, 5.74) is 7.01. The highest BCUT2D eigenvalue weighted by Gasteiger charge is 2.15. The number of aromatic nitrogens is 6. The fourth-order valence-corrected chi connectivity index (χ4v) is 2.21. The number of hydrogen-bond donors (Lipinski definition) is 2. The summed E-state index contributed by atoms with van der Waals surface area (Å²) in [6.45, 7) is 3.52. The summed E-state index contributed by atoms with van der Waals surface area (Å²) in [6, 6.07) is 1.35. The lowest BCUT2D eigenvalue weighted by molar-refractivity contribution is 0.451. The maximum Gasteiger partial charge on any atom is 0.249 e. The van der Waals surface area contributed by atoms with Gasteiger partial charge >= 0.3 is 0 Å². The lowest BCUT2D eigenvalue weighted by Gasteiger charge is -2.02. The Bertz CT molecular complexity index is 853. The summed E-state index contributed by atoms with van der Waals surface area (Å²) in [5, 5.41) is 22.2. The van der Waals surface area contributed by atoms with E-state index in [4.69, 9.17) is 5.73 Å². The van der Waals surface area contributed by atoms with Crippen LogP contribution < -0.4 is 5.73 Å². The van der Waals surface area contributed by atoms with E-state index in [0.29, 0.717) is 28.2 Å². The third-order valence-corrected chi connectivity index (χ3v) is 3.36. The van der Waals surface area contributed by atoms with Crippen LogP contribution in [0.3, 0.4) is 0 Å². The monoisotopic (exact) mass is 317 g/mol. The Morgan fingerprint density at radius 2 is 2.09 bits per heavy atom. The molecular formula is C11H11N9OS. The lowest BCUT2D eigenvalue weighted by Crippen LogP contribution is -2.04. The van der Waals surface area contributed by atoms with Crippen molar-refractivity contribution in [2.45, 2.75) is 13.8 Å². The van der Waals surface area contributed by atoms with Crippen molar-refractivity contribution >= 4 is 28.2 Å². The van der Waals surface area contributed by atoms with Gasteiger partial charge in [-0.1, -0.05) is 0 Å². The van der Waals surface area contributed by atoms with Crippen molar-refractivity contribution in [3.05, 3.63) is 23.9 Å². The molecule has 0 unspecified atom stereocenters. The highest BCUT2D eigenvalue weighted by Crippen LogP contribution is 2.30. The minimum absolute atomic E-state index is 0.176. The summed E-state index contributed by atoms with van der Waals surface area (Å²) in [6.07, 6.45) is 1.21. The molecule has 0 fully saturated rings. The van der Waals surface area contributed by atoms with Gasteiger partial charge in [-0.25, -0.2) is 15.0 Å². The van der Waals surface area contributed by atoms with Gasteiger partial charge in [0, 0.05) is 17.6 Å². The largest absolute Gasteiger partial charge is 0.493 e. The minimum atomic E-state index is -0.176. The van der Waals surface area contributed by atoms with E-state index in [9.17, 15) is 5.11 Å². The molecule has 3 aromatic rings. The van der Waals surface area contributed by atoms with E-state index < -0.39 is 0 Å². The van der Waals surface area contributed by atoms with Gasteiger partial charge in [-0.3, -0.25) is 0 Å². The van der Waals surface area contributed by atoms with Gasteiger partial charge in [0.2, 0.25) is 11.0 Å². The van der Waals surface area contributed by atoms with Gasteiger partial charge in [0.05, 0.1) is 5.69 Å². The quantitative estimate of drug-likeness (QED) is 0.702. The number of hydrogen-bond acceptors (Lipinski definition) is 10. The number of anilines is 1. The molecule has 3 aromatic heterocycles. The second-order valence-corrected chi connectivity index (χ2v) is 5.02. The third-order valence-electron chi connectivity index (χ3n) is 2.67. The summed E-state index contributed by atoms with van der Waals surface area (Å²) in [7, 11) is 0. The van der Waals surface area contributed by atoms with Crippen molar-refractivity contribution in [1.82, 2.24) is 29.1 Å². The van der Waals surface area contributed by atoms with E-state index in [0.717, 1.165) is 11.5 Å². The predicted molar refractivity (Wildman–Crippen MR) is 78.8 cm³/mol. The van der Waals surface area contributed by atoms with E-state index in [1.165, 1.54) is 17.1 Å². The molecule has 10 nitrogen and oxygen atoms in total. The average Bonchev–Trinajstić information content (AvgIpc) is 3.01. The Morgan fingerprint density at radius 3 is 2.77 bits per heavy atom. The zero-order chi connectivity index (χ0) is 15.7. The SMILES string of the molecule is Cc1nsc(/N=N/c2c(C)nn(-c3cc(O)ncn3)c2N)n1. The predicted octanol–water partition coefficient (Wildman–Crippen LogP) is 1.83. The molecule has 3 rings (SSSR count). The van der Waals surface area contributed by atoms with Crippen LogP contribution in [0.1, 0.15) is 11.5 Å². The smallest absolute Gasteiger partial charge is 0.249 e. The lowest BCUT2D eigenvalue weighted by atomic mass is 10.4. The Morgan fingerprint density at radius 1 is 1.27 bits per heavy atom. The van der Waals surface area contributed by atoms with E-state index in [1.807, 2.05) is 0 Å². The molecule has 112 valence electrons. The highest BCUT2D eigenvalue weighted by atomic mass is 32.1. The second kappa shape index (κ2) is 5.44. The molecule has 0 amide bonds. The van der Waals surface area contributed by atoms with Crippen LogP contribution in [0.4, 0.5) is 16.6 Å². The Kier molecular flexibility index (Phi) is 3.47. The van der Waals surface area contributed by atoms with Crippen molar-refractivity contribution < 1.29 is 5.11 Å². The van der Waals surface area contributed by atoms with Crippen LogP contribution in [0.25, 0.3) is 5.82 Å². The third kappa shape index (κ3) is 2.61. The fraction of sp³-hybridized carbons (Fsp3) is 0.182. The van der Waals surface area contributed by atoms with Crippen molar-refractivity contribution in [2.75, 3.05) is 5.73 Å². The van der Waals surface area contributed by atoms with Gasteiger partial charge < -0.3 is 10.8 Å². The van der Waals surface area contributed by atoms with Crippen LogP contribution in [-0.2, 0) is 0 Å².